The summed E-state index contributed by atoms with van der Waals surface area (Å²) >= 11 is 0. The van der Waals surface area contributed by atoms with Gasteiger partial charge in [0, 0.05) is 43.1 Å². The molecule has 10 heteroatoms. The first-order valence-corrected chi connectivity index (χ1v) is 13.5. The normalized spacial score (nSPS) is 18.8. The molecule has 188 valence electrons. The molecule has 0 aliphatic carbocycles. The molecule has 5 rings (SSSR count). The van der Waals surface area contributed by atoms with Gasteiger partial charge in [0.25, 0.3) is 15.9 Å². The van der Waals surface area contributed by atoms with Crippen LogP contribution in [0.15, 0.2) is 53.4 Å². The highest BCUT2D eigenvalue weighted by Gasteiger charge is 2.39. The van der Waals surface area contributed by atoms with E-state index in [2.05, 4.69) is 31.8 Å². The maximum absolute atomic E-state index is 13.3. The average molecular weight is 508 g/mol. The number of hydrogen-bond acceptors (Lipinski definition) is 7. The Morgan fingerprint density at radius 1 is 1.03 bits per heavy atom. The van der Waals surface area contributed by atoms with Crippen LogP contribution in [0.3, 0.4) is 0 Å². The van der Waals surface area contributed by atoms with Crippen molar-refractivity contribution in [1.29, 1.82) is 0 Å². The van der Waals surface area contributed by atoms with Crippen LogP contribution in [0.4, 0.5) is 5.95 Å². The lowest BCUT2D eigenvalue weighted by Gasteiger charge is -2.41. The van der Waals surface area contributed by atoms with Crippen molar-refractivity contribution in [3.8, 4) is 17.1 Å². The van der Waals surface area contributed by atoms with Crippen LogP contribution in [0, 0.1) is 13.8 Å². The van der Waals surface area contributed by atoms with Gasteiger partial charge in [-0.15, -0.1) is 0 Å². The number of aryl methyl sites for hydroxylation is 2. The quantitative estimate of drug-likeness (QED) is 0.546. The molecule has 0 unspecified atom stereocenters. The Bertz CT molecular complexity index is 1410. The number of nitrogens with zero attached hydrogens (tertiary/aromatic N) is 3. The first-order valence-electron chi connectivity index (χ1n) is 12.0. The van der Waals surface area contributed by atoms with Crippen molar-refractivity contribution in [2.75, 3.05) is 24.4 Å². The Hall–Kier alpha value is -3.50. The van der Waals surface area contributed by atoms with E-state index < -0.39 is 21.7 Å². The van der Waals surface area contributed by atoms with Crippen LogP contribution in [-0.4, -0.2) is 54.6 Å². The summed E-state index contributed by atoms with van der Waals surface area (Å²) in [5.74, 6) is -0.305. The number of amides is 1. The van der Waals surface area contributed by atoms with Gasteiger partial charge in [-0.05, 0) is 49.7 Å². The number of anilines is 1. The van der Waals surface area contributed by atoms with Gasteiger partial charge >= 0.3 is 0 Å². The van der Waals surface area contributed by atoms with Crippen LogP contribution in [-0.2, 0) is 10.0 Å². The fraction of sp³-hybridized carbons (Fsp3) is 0.346. The predicted molar refractivity (Wildman–Crippen MR) is 136 cm³/mol. The number of rotatable bonds is 2. The standard InChI is InChI=1S/C26H29N5O4S/c1-4-31-13-11-26(12-14-31)29-24(32)19-9-6-10-20(15-19)36(33,34)30-25-27-21(16-22(28-25)35-26)23-17(2)7-5-8-18(23)3/h5-10,15-16H,4,11-14H2,1-3H3,(H,29,32)(H,27,28,30). The molecule has 3 aromatic rings. The van der Waals surface area contributed by atoms with Gasteiger partial charge in [0.05, 0.1) is 10.6 Å². The third kappa shape index (κ3) is 4.66. The lowest BCUT2D eigenvalue weighted by molar-refractivity contribution is -0.0231. The molecule has 1 saturated heterocycles. The first kappa shape index (κ1) is 24.2. The van der Waals surface area contributed by atoms with Crippen molar-refractivity contribution in [3.05, 3.63) is 65.2 Å². The van der Waals surface area contributed by atoms with Gasteiger partial charge in [0.15, 0.2) is 5.72 Å². The van der Waals surface area contributed by atoms with Crippen LogP contribution >= 0.6 is 0 Å². The highest BCUT2D eigenvalue weighted by Crippen LogP contribution is 2.33. The minimum absolute atomic E-state index is 0.0471. The van der Waals surface area contributed by atoms with E-state index in [9.17, 15) is 13.2 Å². The second kappa shape index (κ2) is 9.18. The number of carbonyl (C=O) groups excluding carboxylic acids is 1. The maximum atomic E-state index is 13.3. The summed E-state index contributed by atoms with van der Waals surface area (Å²) in [7, 11) is -4.05. The number of likely N-dealkylation sites (tertiary alicyclic amines) is 1. The largest absolute Gasteiger partial charge is 0.451 e. The van der Waals surface area contributed by atoms with Gasteiger partial charge < -0.3 is 15.0 Å². The summed E-state index contributed by atoms with van der Waals surface area (Å²) in [6, 6.07) is 13.5. The molecule has 1 aromatic heterocycles. The molecule has 0 radical (unpaired) electrons. The van der Waals surface area contributed by atoms with E-state index in [1.54, 1.807) is 18.2 Å². The minimum atomic E-state index is -4.05. The molecule has 3 heterocycles. The fourth-order valence-corrected chi connectivity index (χ4v) is 5.80. The third-order valence-corrected chi connectivity index (χ3v) is 8.15. The Morgan fingerprint density at radius 3 is 2.42 bits per heavy atom. The van der Waals surface area contributed by atoms with E-state index in [1.807, 2.05) is 32.0 Å². The van der Waals surface area contributed by atoms with Crippen molar-refractivity contribution in [1.82, 2.24) is 20.2 Å². The third-order valence-electron chi connectivity index (χ3n) is 6.82. The number of nitrogens with one attached hydrogen (secondary N) is 2. The second-order valence-electron chi connectivity index (χ2n) is 9.30. The number of piperidine rings is 1. The van der Waals surface area contributed by atoms with Crippen LogP contribution in [0.5, 0.6) is 5.88 Å². The topological polar surface area (TPSA) is 114 Å². The summed E-state index contributed by atoms with van der Waals surface area (Å²) in [5.41, 5.74) is 2.62. The van der Waals surface area contributed by atoms with E-state index in [0.29, 0.717) is 18.5 Å². The van der Waals surface area contributed by atoms with Crippen molar-refractivity contribution >= 4 is 21.9 Å². The summed E-state index contributed by atoms with van der Waals surface area (Å²) in [6.07, 6.45) is 1.10. The van der Waals surface area contributed by atoms with E-state index in [-0.39, 0.29) is 22.3 Å². The highest BCUT2D eigenvalue weighted by atomic mass is 32.2. The van der Waals surface area contributed by atoms with E-state index in [1.165, 1.54) is 12.1 Å². The molecule has 2 aromatic carbocycles. The summed E-state index contributed by atoms with van der Waals surface area (Å²) in [5, 5.41) is 3.06. The number of sulfonamides is 1. The number of ether oxygens (including phenoxy) is 1. The van der Waals surface area contributed by atoms with Crippen LogP contribution in [0.25, 0.3) is 11.3 Å². The molecular formula is C26H29N5O4S. The zero-order valence-corrected chi connectivity index (χ0v) is 21.4. The first-order chi connectivity index (χ1) is 17.2. The number of fused-ring (bicyclic) bond motifs is 4. The summed E-state index contributed by atoms with van der Waals surface area (Å²) in [4.78, 5) is 24.5. The zero-order valence-electron chi connectivity index (χ0n) is 20.5. The molecule has 2 aliphatic rings. The lowest BCUT2D eigenvalue weighted by atomic mass is 9.98. The van der Waals surface area contributed by atoms with Gasteiger partial charge in [-0.2, -0.15) is 4.98 Å². The molecule has 4 bridgehead atoms. The number of carbonyl (C=O) groups is 1. The maximum Gasteiger partial charge on any atom is 0.264 e. The Labute approximate surface area is 211 Å². The van der Waals surface area contributed by atoms with E-state index >= 15 is 0 Å². The van der Waals surface area contributed by atoms with Gasteiger partial charge in [-0.1, -0.05) is 31.2 Å². The predicted octanol–water partition coefficient (Wildman–Crippen LogP) is 3.50. The summed E-state index contributed by atoms with van der Waals surface area (Å²) < 4.78 is 35.3. The average Bonchev–Trinajstić information content (AvgIpc) is 2.83. The number of hydrogen-bond donors (Lipinski definition) is 2. The van der Waals surface area contributed by atoms with Crippen molar-refractivity contribution in [3.63, 3.8) is 0 Å². The van der Waals surface area contributed by atoms with Gasteiger partial charge in [0.1, 0.15) is 0 Å². The van der Waals surface area contributed by atoms with Gasteiger partial charge in [0.2, 0.25) is 11.8 Å². The van der Waals surface area contributed by atoms with Gasteiger partial charge in [-0.3, -0.25) is 4.79 Å². The lowest BCUT2D eigenvalue weighted by Crippen LogP contribution is -2.59. The highest BCUT2D eigenvalue weighted by molar-refractivity contribution is 7.92. The molecular weight excluding hydrogens is 478 g/mol. The van der Waals surface area contributed by atoms with E-state index in [4.69, 9.17) is 4.74 Å². The molecule has 1 amide bonds. The molecule has 36 heavy (non-hydrogen) atoms. The van der Waals surface area contributed by atoms with Crippen LogP contribution in [0.1, 0.15) is 41.3 Å². The molecule has 9 nitrogen and oxygen atoms in total. The smallest absolute Gasteiger partial charge is 0.264 e. The fourth-order valence-electron chi connectivity index (χ4n) is 4.82. The van der Waals surface area contributed by atoms with Gasteiger partial charge in [-0.25, -0.2) is 18.1 Å². The molecule has 0 atom stereocenters. The molecule has 2 N–H and O–H groups in total. The molecule has 1 spiro atoms. The van der Waals surface area contributed by atoms with E-state index in [0.717, 1.165) is 36.3 Å². The molecule has 0 saturated carbocycles. The number of aromatic nitrogens is 2. The SMILES string of the molecule is CCN1CCC2(CC1)NC(=O)c1cccc(c1)S(=O)(=O)Nc1nc(cc(-c3c(C)cccc3C)n1)O2. The zero-order chi connectivity index (χ0) is 25.5. The molecule has 2 aliphatic heterocycles. The minimum Gasteiger partial charge on any atom is -0.451 e. The van der Waals surface area contributed by atoms with Crippen LogP contribution < -0.4 is 14.8 Å². The Balaban J connectivity index is 1.68. The summed E-state index contributed by atoms with van der Waals surface area (Å²) in [6.45, 7) is 8.43. The number of benzene rings is 2. The second-order valence-corrected chi connectivity index (χ2v) is 11.0. The monoisotopic (exact) mass is 507 g/mol. The van der Waals surface area contributed by atoms with Crippen molar-refractivity contribution in [2.45, 2.75) is 44.2 Å². The Morgan fingerprint density at radius 2 is 1.72 bits per heavy atom. The Kier molecular flexibility index (Phi) is 6.17. The van der Waals surface area contributed by atoms with Crippen molar-refractivity contribution in [2.24, 2.45) is 0 Å². The van der Waals surface area contributed by atoms with Crippen LogP contribution in [0.2, 0.25) is 0 Å². The van der Waals surface area contributed by atoms with Crippen molar-refractivity contribution < 1.29 is 17.9 Å². The molecule has 1 fully saturated rings.